The Bertz CT molecular complexity index is 1150. The molecular formula is C18H13F3N6O2S. The van der Waals surface area contributed by atoms with Gasteiger partial charge in [0.25, 0.3) is 0 Å². The van der Waals surface area contributed by atoms with Crippen LogP contribution in [-0.4, -0.2) is 42.2 Å². The molecule has 0 fully saturated rings. The Morgan fingerprint density at radius 1 is 1.13 bits per heavy atom. The molecule has 2 N–H and O–H groups in total. The van der Waals surface area contributed by atoms with E-state index in [0.717, 1.165) is 27.3 Å². The van der Waals surface area contributed by atoms with Crippen LogP contribution in [0.4, 0.5) is 24.8 Å². The Kier molecular flexibility index (Phi) is 6.16. The Morgan fingerprint density at radius 2 is 1.90 bits per heavy atom. The normalized spacial score (nSPS) is 10.9. The first-order valence-corrected chi connectivity index (χ1v) is 9.14. The number of anilines is 2. The Morgan fingerprint density at radius 3 is 2.50 bits per heavy atom. The molecule has 0 atom stereocenters. The molecule has 0 saturated carbocycles. The molecule has 154 valence electrons. The van der Waals surface area contributed by atoms with Crippen LogP contribution in [0.15, 0.2) is 48.4 Å². The summed E-state index contributed by atoms with van der Waals surface area (Å²) in [5.74, 6) is -0.741. The van der Waals surface area contributed by atoms with Crippen molar-refractivity contribution >= 4 is 39.2 Å². The summed E-state index contributed by atoms with van der Waals surface area (Å²) in [6.45, 7) is 2.05. The first-order valence-electron chi connectivity index (χ1n) is 8.26. The van der Waals surface area contributed by atoms with Crippen LogP contribution in [0.5, 0.6) is 0 Å². The zero-order valence-corrected chi connectivity index (χ0v) is 16.1. The van der Waals surface area contributed by atoms with E-state index in [1.54, 1.807) is 29.8 Å². The van der Waals surface area contributed by atoms with Crippen molar-refractivity contribution in [2.24, 2.45) is 0 Å². The number of nitrogens with zero attached hydrogens (tertiary/aromatic N) is 5. The van der Waals surface area contributed by atoms with Crippen molar-refractivity contribution in [1.82, 2.24) is 24.9 Å². The highest BCUT2D eigenvalue weighted by atomic mass is 32.1. The van der Waals surface area contributed by atoms with Gasteiger partial charge >= 0.3 is 12.1 Å². The monoisotopic (exact) mass is 434 g/mol. The van der Waals surface area contributed by atoms with Gasteiger partial charge in [-0.15, -0.1) is 11.3 Å². The summed E-state index contributed by atoms with van der Waals surface area (Å²) in [5, 5.41) is 13.5. The van der Waals surface area contributed by atoms with Gasteiger partial charge in [-0.1, -0.05) is 6.07 Å². The van der Waals surface area contributed by atoms with Crippen LogP contribution in [0.1, 0.15) is 5.56 Å². The van der Waals surface area contributed by atoms with E-state index in [4.69, 9.17) is 9.90 Å². The number of hydrogen-bond acceptors (Lipinski definition) is 8. The largest absolute Gasteiger partial charge is 0.490 e. The molecule has 0 saturated heterocycles. The van der Waals surface area contributed by atoms with Crippen molar-refractivity contribution in [1.29, 1.82) is 0 Å². The van der Waals surface area contributed by atoms with E-state index in [-0.39, 0.29) is 0 Å². The van der Waals surface area contributed by atoms with Gasteiger partial charge in [-0.2, -0.15) is 13.2 Å². The standard InChI is InChI=1S/C16H12N6S.C2HF3O2/c1-10-8-23-16-13(10)15(20-12-5-7-17-9-19-12)21-14(22-16)11-4-2-3-6-18-11;3-2(4,5)1(6)7/h2-9H,1H3,(H,17,19,20,21,22);(H,6,7). The number of carbonyl (C=O) groups is 1. The molecule has 0 unspecified atom stereocenters. The van der Waals surface area contributed by atoms with Crippen molar-refractivity contribution in [3.8, 4) is 11.5 Å². The van der Waals surface area contributed by atoms with E-state index in [9.17, 15) is 13.2 Å². The molecule has 30 heavy (non-hydrogen) atoms. The van der Waals surface area contributed by atoms with E-state index in [1.807, 2.05) is 25.1 Å². The number of hydrogen-bond donors (Lipinski definition) is 2. The number of aromatic nitrogens is 5. The van der Waals surface area contributed by atoms with E-state index in [0.29, 0.717) is 11.6 Å². The molecule has 0 radical (unpaired) electrons. The van der Waals surface area contributed by atoms with Gasteiger partial charge in [0.15, 0.2) is 5.82 Å². The van der Waals surface area contributed by atoms with Crippen molar-refractivity contribution < 1.29 is 23.1 Å². The number of halogens is 3. The summed E-state index contributed by atoms with van der Waals surface area (Å²) >= 11 is 1.60. The van der Waals surface area contributed by atoms with E-state index >= 15 is 0 Å². The summed E-state index contributed by atoms with van der Waals surface area (Å²) in [6.07, 6.45) is -0.158. The highest BCUT2D eigenvalue weighted by Gasteiger charge is 2.38. The lowest BCUT2D eigenvalue weighted by atomic mass is 10.2. The van der Waals surface area contributed by atoms with Crippen LogP contribution in [0.25, 0.3) is 21.7 Å². The third kappa shape index (κ3) is 5.03. The van der Waals surface area contributed by atoms with E-state index < -0.39 is 12.1 Å². The summed E-state index contributed by atoms with van der Waals surface area (Å²) in [5.41, 5.74) is 1.88. The minimum atomic E-state index is -5.08. The second kappa shape index (κ2) is 8.78. The third-order valence-electron chi connectivity index (χ3n) is 3.58. The SMILES string of the molecule is Cc1csc2nc(-c3ccccn3)nc(Nc3ccncn3)c12.O=C(O)C(F)(F)F. The Balaban J connectivity index is 0.000000318. The molecule has 0 aliphatic rings. The minimum absolute atomic E-state index is 0.594. The van der Waals surface area contributed by atoms with Crippen LogP contribution in [0.2, 0.25) is 0 Å². The van der Waals surface area contributed by atoms with Gasteiger partial charge in [-0.05, 0) is 36.1 Å². The smallest absolute Gasteiger partial charge is 0.475 e. The molecule has 4 aromatic heterocycles. The van der Waals surface area contributed by atoms with Gasteiger partial charge in [0.05, 0.1) is 5.39 Å². The lowest BCUT2D eigenvalue weighted by molar-refractivity contribution is -0.192. The van der Waals surface area contributed by atoms with Crippen molar-refractivity contribution in [3.05, 3.63) is 53.9 Å². The molecule has 8 nitrogen and oxygen atoms in total. The molecule has 0 aromatic carbocycles. The van der Waals surface area contributed by atoms with Gasteiger partial charge in [-0.3, -0.25) is 4.98 Å². The van der Waals surface area contributed by atoms with Crippen molar-refractivity contribution in [2.75, 3.05) is 5.32 Å². The number of nitrogens with one attached hydrogen (secondary N) is 1. The maximum atomic E-state index is 10.6. The fourth-order valence-electron chi connectivity index (χ4n) is 2.27. The lowest BCUT2D eigenvalue weighted by Crippen LogP contribution is -2.21. The Labute approximate surface area is 171 Å². The summed E-state index contributed by atoms with van der Waals surface area (Å²) in [4.78, 5) is 31.6. The number of aryl methyl sites for hydroxylation is 1. The number of rotatable bonds is 3. The molecule has 4 rings (SSSR count). The number of carboxylic acid groups (broad SMARTS) is 1. The molecule has 0 amide bonds. The van der Waals surface area contributed by atoms with Crippen LogP contribution >= 0.6 is 11.3 Å². The van der Waals surface area contributed by atoms with Gasteiger partial charge in [0, 0.05) is 12.4 Å². The minimum Gasteiger partial charge on any atom is -0.475 e. The Hall–Kier alpha value is -3.67. The first-order chi connectivity index (χ1) is 14.3. The van der Waals surface area contributed by atoms with E-state index in [2.05, 4.69) is 35.6 Å². The van der Waals surface area contributed by atoms with Crippen molar-refractivity contribution in [2.45, 2.75) is 13.1 Å². The van der Waals surface area contributed by atoms with Gasteiger partial charge in [0.1, 0.15) is 28.5 Å². The van der Waals surface area contributed by atoms with Crippen LogP contribution < -0.4 is 5.32 Å². The van der Waals surface area contributed by atoms with Crippen molar-refractivity contribution in [3.63, 3.8) is 0 Å². The second-order valence-corrected chi connectivity index (χ2v) is 6.59. The number of carboxylic acids is 1. The van der Waals surface area contributed by atoms with Gasteiger partial charge in [0.2, 0.25) is 0 Å². The number of pyridine rings is 1. The molecule has 0 bridgehead atoms. The van der Waals surface area contributed by atoms with E-state index in [1.165, 1.54) is 6.33 Å². The first kappa shape index (κ1) is 21.0. The van der Waals surface area contributed by atoms with Crippen LogP contribution in [0, 0.1) is 6.92 Å². The lowest BCUT2D eigenvalue weighted by Gasteiger charge is -2.08. The average Bonchev–Trinajstić information content (AvgIpc) is 3.10. The predicted octanol–water partition coefficient (Wildman–Crippen LogP) is 4.23. The number of fused-ring (bicyclic) bond motifs is 1. The maximum absolute atomic E-state index is 10.6. The number of thiophene rings is 1. The second-order valence-electron chi connectivity index (χ2n) is 5.73. The average molecular weight is 434 g/mol. The van der Waals surface area contributed by atoms with Crippen LogP contribution in [-0.2, 0) is 4.79 Å². The van der Waals surface area contributed by atoms with Gasteiger partial charge in [-0.25, -0.2) is 24.7 Å². The summed E-state index contributed by atoms with van der Waals surface area (Å²) in [6, 6.07) is 7.50. The highest BCUT2D eigenvalue weighted by Crippen LogP contribution is 2.32. The number of alkyl halides is 3. The fourth-order valence-corrected chi connectivity index (χ4v) is 3.19. The molecule has 4 heterocycles. The summed E-state index contributed by atoms with van der Waals surface area (Å²) in [7, 11) is 0. The molecule has 0 aliphatic carbocycles. The molecule has 0 aliphatic heterocycles. The molecular weight excluding hydrogens is 421 g/mol. The topological polar surface area (TPSA) is 114 Å². The quantitative estimate of drug-likeness (QED) is 0.493. The predicted molar refractivity (Wildman–Crippen MR) is 104 cm³/mol. The molecule has 0 spiro atoms. The van der Waals surface area contributed by atoms with Crippen LogP contribution in [0.3, 0.4) is 0 Å². The highest BCUT2D eigenvalue weighted by molar-refractivity contribution is 7.17. The maximum Gasteiger partial charge on any atom is 0.490 e. The zero-order chi connectivity index (χ0) is 21.7. The third-order valence-corrected chi connectivity index (χ3v) is 4.57. The number of aliphatic carboxylic acids is 1. The summed E-state index contributed by atoms with van der Waals surface area (Å²) < 4.78 is 31.7. The molecule has 12 heteroatoms. The fraction of sp³-hybridized carbons (Fsp3) is 0.111. The van der Waals surface area contributed by atoms with Gasteiger partial charge < -0.3 is 10.4 Å². The molecule has 4 aromatic rings. The zero-order valence-electron chi connectivity index (χ0n) is 15.3.